The number of halogens is 1. The maximum Gasteiger partial charge on any atom is 0.222 e. The molecule has 1 saturated heterocycles. The molecule has 0 spiro atoms. The third-order valence-electron chi connectivity index (χ3n) is 4.18. The van der Waals surface area contributed by atoms with Crippen molar-refractivity contribution in [2.45, 2.75) is 39.3 Å². The van der Waals surface area contributed by atoms with E-state index in [1.165, 1.54) is 0 Å². The summed E-state index contributed by atoms with van der Waals surface area (Å²) < 4.78 is 6.40. The van der Waals surface area contributed by atoms with Crippen LogP contribution >= 0.6 is 15.9 Å². The zero-order chi connectivity index (χ0) is 18.2. The quantitative estimate of drug-likeness (QED) is 0.558. The predicted molar refractivity (Wildman–Crippen MR) is 104 cm³/mol. The first kappa shape index (κ1) is 19.6. The summed E-state index contributed by atoms with van der Waals surface area (Å²) in [5.41, 5.74) is 1.02. The van der Waals surface area contributed by atoms with E-state index in [2.05, 4.69) is 31.6 Å². The molecule has 1 aromatic rings. The molecule has 6 nitrogen and oxygen atoms in total. The third kappa shape index (κ3) is 5.63. The molecule has 138 valence electrons. The van der Waals surface area contributed by atoms with E-state index in [0.29, 0.717) is 13.0 Å². The summed E-state index contributed by atoms with van der Waals surface area (Å²) >= 11 is 3.49. The van der Waals surface area contributed by atoms with Crippen molar-refractivity contribution in [1.29, 1.82) is 0 Å². The number of ether oxygens (including phenoxy) is 1. The van der Waals surface area contributed by atoms with Crippen LogP contribution in [0.4, 0.5) is 0 Å². The van der Waals surface area contributed by atoms with Crippen molar-refractivity contribution < 1.29 is 9.53 Å². The topological polar surface area (TPSA) is 66.0 Å². The fourth-order valence-electron chi connectivity index (χ4n) is 2.88. The number of benzene rings is 1. The van der Waals surface area contributed by atoms with Gasteiger partial charge in [0, 0.05) is 42.1 Å². The van der Waals surface area contributed by atoms with E-state index in [0.717, 1.165) is 47.8 Å². The van der Waals surface area contributed by atoms with Crippen LogP contribution in [0.2, 0.25) is 0 Å². The first-order valence-corrected chi connectivity index (χ1v) is 9.51. The highest BCUT2D eigenvalue weighted by atomic mass is 79.9. The maximum atomic E-state index is 11.8. The number of carbonyl (C=O) groups excluding carboxylic acids is 1. The van der Waals surface area contributed by atoms with Gasteiger partial charge < -0.3 is 20.3 Å². The Morgan fingerprint density at radius 3 is 2.92 bits per heavy atom. The van der Waals surface area contributed by atoms with Crippen molar-refractivity contribution in [2.75, 3.05) is 26.7 Å². The van der Waals surface area contributed by atoms with Crippen LogP contribution in [-0.4, -0.2) is 49.6 Å². The van der Waals surface area contributed by atoms with Gasteiger partial charge in [0.15, 0.2) is 5.96 Å². The average molecular weight is 411 g/mol. The second-order valence-corrected chi connectivity index (χ2v) is 6.89. The normalized spacial score (nSPS) is 17.5. The molecule has 7 heteroatoms. The number of guanidine groups is 1. The number of likely N-dealkylation sites (tertiary alicyclic amines) is 1. The van der Waals surface area contributed by atoms with Gasteiger partial charge in [0.1, 0.15) is 5.75 Å². The smallest absolute Gasteiger partial charge is 0.222 e. The molecule has 2 N–H and O–H groups in total. The Morgan fingerprint density at radius 2 is 2.24 bits per heavy atom. The van der Waals surface area contributed by atoms with Crippen LogP contribution in [0.1, 0.15) is 32.3 Å². The van der Waals surface area contributed by atoms with Gasteiger partial charge in [-0.3, -0.25) is 4.79 Å². The number of methoxy groups -OCH3 is 1. The molecule has 1 aliphatic heterocycles. The number of amides is 1. The molecule has 1 fully saturated rings. The van der Waals surface area contributed by atoms with Crippen LogP contribution in [0, 0.1) is 0 Å². The van der Waals surface area contributed by atoms with Gasteiger partial charge in [-0.25, -0.2) is 4.99 Å². The molecule has 25 heavy (non-hydrogen) atoms. The van der Waals surface area contributed by atoms with Crippen LogP contribution in [-0.2, 0) is 11.3 Å². The number of nitrogens with zero attached hydrogens (tertiary/aromatic N) is 2. The van der Waals surface area contributed by atoms with E-state index in [4.69, 9.17) is 4.74 Å². The van der Waals surface area contributed by atoms with Gasteiger partial charge in [0.05, 0.1) is 13.7 Å². The molecule has 2 rings (SSSR count). The highest BCUT2D eigenvalue weighted by molar-refractivity contribution is 9.10. The Labute approximate surface area is 158 Å². The molecule has 1 heterocycles. The van der Waals surface area contributed by atoms with E-state index in [1.807, 2.05) is 36.9 Å². The first-order valence-electron chi connectivity index (χ1n) is 8.72. The van der Waals surface area contributed by atoms with Gasteiger partial charge in [0.2, 0.25) is 5.91 Å². The van der Waals surface area contributed by atoms with E-state index in [9.17, 15) is 4.79 Å². The highest BCUT2D eigenvalue weighted by Gasteiger charge is 2.25. The molecule has 0 bridgehead atoms. The summed E-state index contributed by atoms with van der Waals surface area (Å²) in [6.45, 7) is 6.78. The minimum absolute atomic E-state index is 0.213. The number of rotatable bonds is 6. The summed E-state index contributed by atoms with van der Waals surface area (Å²) in [5, 5.41) is 6.71. The minimum Gasteiger partial charge on any atom is -0.496 e. The molecular weight excluding hydrogens is 384 g/mol. The molecule has 1 aromatic carbocycles. The minimum atomic E-state index is 0.213. The highest BCUT2D eigenvalue weighted by Crippen LogP contribution is 2.23. The molecule has 0 saturated carbocycles. The molecule has 1 aliphatic rings. The first-order chi connectivity index (χ1) is 12.1. The molecule has 1 amide bonds. The van der Waals surface area contributed by atoms with Crippen LogP contribution in [0.15, 0.2) is 27.7 Å². The van der Waals surface area contributed by atoms with Crippen molar-refractivity contribution in [3.63, 3.8) is 0 Å². The zero-order valence-corrected chi connectivity index (χ0v) is 16.7. The van der Waals surface area contributed by atoms with Crippen molar-refractivity contribution in [1.82, 2.24) is 15.5 Å². The Morgan fingerprint density at radius 1 is 1.44 bits per heavy atom. The van der Waals surface area contributed by atoms with Crippen molar-refractivity contribution >= 4 is 27.8 Å². The van der Waals surface area contributed by atoms with Crippen molar-refractivity contribution in [3.05, 3.63) is 28.2 Å². The van der Waals surface area contributed by atoms with Gasteiger partial charge in [-0.1, -0.05) is 22.9 Å². The summed E-state index contributed by atoms with van der Waals surface area (Å²) in [6.07, 6.45) is 1.50. The van der Waals surface area contributed by atoms with Gasteiger partial charge in [0.25, 0.3) is 0 Å². The second-order valence-electron chi connectivity index (χ2n) is 5.97. The van der Waals surface area contributed by atoms with Crippen LogP contribution in [0.5, 0.6) is 5.75 Å². The van der Waals surface area contributed by atoms with Gasteiger partial charge >= 0.3 is 0 Å². The van der Waals surface area contributed by atoms with E-state index in [-0.39, 0.29) is 11.9 Å². The van der Waals surface area contributed by atoms with E-state index < -0.39 is 0 Å². The summed E-state index contributed by atoms with van der Waals surface area (Å²) in [6, 6.07) is 6.13. The Kier molecular flexibility index (Phi) is 7.55. The summed E-state index contributed by atoms with van der Waals surface area (Å²) in [4.78, 5) is 18.4. The lowest BCUT2D eigenvalue weighted by Gasteiger charge is -2.19. The van der Waals surface area contributed by atoms with E-state index in [1.54, 1.807) is 7.11 Å². The number of hydrogen-bond acceptors (Lipinski definition) is 3. The number of hydrogen-bond donors (Lipinski definition) is 2. The lowest BCUT2D eigenvalue weighted by atomic mass is 10.2. The standard InChI is InChI=1S/C18H27BrN4O2/c1-4-17(24)23-9-8-15(12-23)22-18(20-5-2)21-11-13-10-14(19)6-7-16(13)25-3/h6-7,10,15H,4-5,8-9,11-12H2,1-3H3,(H2,20,21,22). The molecule has 1 unspecified atom stereocenters. The van der Waals surface area contributed by atoms with Crippen LogP contribution < -0.4 is 15.4 Å². The van der Waals surface area contributed by atoms with Gasteiger partial charge in [-0.15, -0.1) is 0 Å². The second kappa shape index (κ2) is 9.65. The summed E-state index contributed by atoms with van der Waals surface area (Å²) in [5.74, 6) is 1.80. The fourth-order valence-corrected chi connectivity index (χ4v) is 3.29. The molecule has 0 aliphatic carbocycles. The lowest BCUT2D eigenvalue weighted by molar-refractivity contribution is -0.129. The monoisotopic (exact) mass is 410 g/mol. The molecule has 1 atom stereocenters. The Bertz CT molecular complexity index is 621. The largest absolute Gasteiger partial charge is 0.496 e. The maximum absolute atomic E-state index is 11.8. The van der Waals surface area contributed by atoms with Crippen LogP contribution in [0.25, 0.3) is 0 Å². The van der Waals surface area contributed by atoms with Crippen molar-refractivity contribution in [2.24, 2.45) is 4.99 Å². The molecular formula is C18H27BrN4O2. The lowest BCUT2D eigenvalue weighted by Crippen LogP contribution is -2.45. The average Bonchev–Trinajstić information content (AvgIpc) is 3.08. The number of carbonyl (C=O) groups is 1. The Hall–Kier alpha value is -1.76. The third-order valence-corrected chi connectivity index (χ3v) is 4.67. The van der Waals surface area contributed by atoms with Crippen molar-refractivity contribution in [3.8, 4) is 5.75 Å². The Balaban J connectivity index is 2.02. The van der Waals surface area contributed by atoms with Gasteiger partial charge in [-0.05, 0) is 31.5 Å². The van der Waals surface area contributed by atoms with Gasteiger partial charge in [-0.2, -0.15) is 0 Å². The molecule has 0 radical (unpaired) electrons. The SMILES string of the molecule is CCNC(=NCc1cc(Br)ccc1OC)NC1CCN(C(=O)CC)C1. The molecule has 0 aromatic heterocycles. The summed E-state index contributed by atoms with van der Waals surface area (Å²) in [7, 11) is 1.66. The zero-order valence-electron chi connectivity index (χ0n) is 15.1. The van der Waals surface area contributed by atoms with Crippen LogP contribution in [0.3, 0.4) is 0 Å². The van der Waals surface area contributed by atoms with E-state index >= 15 is 0 Å². The number of nitrogens with one attached hydrogen (secondary N) is 2. The number of aliphatic imine (C=N–C) groups is 1. The predicted octanol–water partition coefficient (Wildman–Crippen LogP) is 2.52. The fraction of sp³-hybridized carbons (Fsp3) is 0.556.